The van der Waals surface area contributed by atoms with E-state index in [2.05, 4.69) is 16.1 Å². The molecule has 9 heavy (non-hydrogen) atoms. The van der Waals surface area contributed by atoms with Gasteiger partial charge in [0, 0.05) is 0 Å². The molecular formula is O6P2S-4. The Kier molecular flexibility index (Phi) is 2.94. The van der Waals surface area contributed by atoms with Gasteiger partial charge in [0.15, 0.2) is 0 Å². The zero-order chi connectivity index (χ0) is 7.71. The maximum Gasteiger partial charge on any atom is 0.0620 e. The Balaban J connectivity index is 4.07. The van der Waals surface area contributed by atoms with Gasteiger partial charge in [-0.1, -0.05) is 6.72 Å². The van der Waals surface area contributed by atoms with Crippen LogP contribution in [0, 0.1) is 0 Å². The molecule has 0 saturated carbocycles. The zero-order valence-corrected chi connectivity index (χ0v) is 6.36. The van der Waals surface area contributed by atoms with E-state index in [4.69, 9.17) is 0 Å². The van der Waals surface area contributed by atoms with E-state index in [1.54, 1.807) is 0 Å². The lowest BCUT2D eigenvalue weighted by molar-refractivity contribution is -0.354. The molecule has 0 heterocycles. The van der Waals surface area contributed by atoms with E-state index in [9.17, 15) is 24.1 Å². The van der Waals surface area contributed by atoms with Gasteiger partial charge in [-0.15, -0.1) is 11.8 Å². The number of phosphoric acid groups is 1. The third-order valence-electron chi connectivity index (χ3n) is 0.200. The minimum absolute atomic E-state index is 2.88. The fourth-order valence-corrected chi connectivity index (χ4v) is 1.84. The molecule has 0 saturated heterocycles. The third kappa shape index (κ3) is 8.68. The van der Waals surface area contributed by atoms with Crippen LogP contribution in [0.1, 0.15) is 0 Å². The summed E-state index contributed by atoms with van der Waals surface area (Å²) in [6, 6.07) is 0. The fraction of sp³-hybridized carbons (Fsp3) is 0. The van der Waals surface area contributed by atoms with Gasteiger partial charge in [-0.2, -0.15) is 0 Å². The fourth-order valence-electron chi connectivity index (χ4n) is 0.122. The molecule has 0 aliphatic heterocycles. The highest BCUT2D eigenvalue weighted by Gasteiger charge is 1.88. The van der Waals surface area contributed by atoms with Crippen molar-refractivity contribution in [1.82, 2.24) is 0 Å². The Morgan fingerprint density at radius 1 is 1.22 bits per heavy atom. The van der Waals surface area contributed by atoms with Crippen LogP contribution in [-0.4, -0.2) is 0 Å². The van der Waals surface area contributed by atoms with Crippen molar-refractivity contribution in [2.75, 3.05) is 0 Å². The van der Waals surface area contributed by atoms with Gasteiger partial charge in [-0.05, 0) is 0 Å². The van der Waals surface area contributed by atoms with Gasteiger partial charge in [0.2, 0.25) is 0 Å². The van der Waals surface area contributed by atoms with Crippen LogP contribution in [0.2, 0.25) is 0 Å². The summed E-state index contributed by atoms with van der Waals surface area (Å²) in [5, 5.41) is 0. The van der Waals surface area contributed by atoms with Crippen molar-refractivity contribution in [3.05, 3.63) is 0 Å². The first-order valence-electron chi connectivity index (χ1n) is 1.46. The summed E-state index contributed by atoms with van der Waals surface area (Å²) >= 11 is 3.44. The van der Waals surface area contributed by atoms with Gasteiger partial charge in [0.25, 0.3) is 0 Å². The van der Waals surface area contributed by atoms with Crippen molar-refractivity contribution in [2.45, 2.75) is 0 Å². The molecule has 0 spiro atoms. The molecule has 0 amide bonds. The van der Waals surface area contributed by atoms with Crippen molar-refractivity contribution in [3.63, 3.8) is 0 Å². The third-order valence-corrected chi connectivity index (χ3v) is 2.40. The van der Waals surface area contributed by atoms with Crippen LogP contribution in [0.5, 0.6) is 0 Å². The molecule has 0 unspecified atom stereocenters. The maximum atomic E-state index is 9.70. The monoisotopic (exact) mass is 190 g/mol. The Hall–Kier alpha value is 0.680. The van der Waals surface area contributed by atoms with E-state index in [-0.39, 0.29) is 0 Å². The second-order valence-electron chi connectivity index (χ2n) is 0.976. The van der Waals surface area contributed by atoms with E-state index in [1.807, 2.05) is 0 Å². The van der Waals surface area contributed by atoms with Crippen LogP contribution in [-0.2, 0) is 20.7 Å². The zero-order valence-electron chi connectivity index (χ0n) is 3.75. The highest BCUT2D eigenvalue weighted by atomic mass is 32.5. The summed E-state index contributed by atoms with van der Waals surface area (Å²) in [5.74, 6) is 0. The summed E-state index contributed by atoms with van der Waals surface area (Å²) in [6.45, 7) is -4.84. The molecule has 0 aromatic rings. The quantitative estimate of drug-likeness (QED) is 0.420. The molecule has 56 valence electrons. The largest absolute Gasteiger partial charge is 0.812 e. The van der Waals surface area contributed by atoms with Crippen molar-refractivity contribution < 1.29 is 28.4 Å². The summed E-state index contributed by atoms with van der Waals surface area (Å²) in [7, 11) is -5.47. The summed E-state index contributed by atoms with van der Waals surface area (Å²) < 4.78 is 12.3. The molecule has 0 aromatic carbocycles. The minimum atomic E-state index is -5.47. The van der Waals surface area contributed by atoms with Gasteiger partial charge < -0.3 is 28.4 Å². The van der Waals surface area contributed by atoms with Gasteiger partial charge in [0.1, 0.15) is 0 Å². The van der Waals surface area contributed by atoms with Crippen molar-refractivity contribution in [1.29, 1.82) is 0 Å². The van der Waals surface area contributed by atoms with E-state index in [0.717, 1.165) is 0 Å². The van der Waals surface area contributed by atoms with Crippen LogP contribution < -0.4 is 19.6 Å². The maximum absolute atomic E-state index is 9.70. The van der Waals surface area contributed by atoms with Gasteiger partial charge in [0.05, 0.1) is 7.82 Å². The van der Waals surface area contributed by atoms with Crippen LogP contribution >= 0.6 is 14.5 Å². The van der Waals surface area contributed by atoms with Crippen molar-refractivity contribution in [3.8, 4) is 0 Å². The predicted octanol–water partition coefficient (Wildman–Crippen LogP) is -3.22. The second kappa shape index (κ2) is 2.74. The standard InChI is InChI=1S/H4O6P2S/c1-7(2,3)6-8(4,5)9/h(H2,1,2,3)(H2,4,5,9)/p-4. The van der Waals surface area contributed by atoms with Crippen molar-refractivity contribution >= 4 is 26.3 Å². The number of rotatable bonds is 2. The second-order valence-corrected chi connectivity index (χ2v) is 4.76. The molecule has 0 atom stereocenters. The predicted molar refractivity (Wildman–Crippen MR) is 23.0 cm³/mol. The number of hydrogen-bond donors (Lipinski definition) is 0. The van der Waals surface area contributed by atoms with E-state index in [0.29, 0.717) is 0 Å². The Morgan fingerprint density at radius 3 is 1.56 bits per heavy atom. The lowest BCUT2D eigenvalue weighted by Crippen LogP contribution is -2.22. The molecule has 9 heteroatoms. The number of hydrogen-bond acceptors (Lipinski definition) is 7. The smallest absolute Gasteiger partial charge is 0.0620 e. The van der Waals surface area contributed by atoms with E-state index in [1.165, 1.54) is 0 Å². The van der Waals surface area contributed by atoms with Gasteiger partial charge >= 0.3 is 0 Å². The lowest BCUT2D eigenvalue weighted by Gasteiger charge is -2.43. The summed E-state index contributed by atoms with van der Waals surface area (Å²) in [4.78, 5) is 38.3. The van der Waals surface area contributed by atoms with Gasteiger partial charge in [-0.25, -0.2) is 0 Å². The van der Waals surface area contributed by atoms with E-state index < -0.39 is 14.5 Å². The van der Waals surface area contributed by atoms with Crippen LogP contribution in [0.3, 0.4) is 0 Å². The Bertz CT molecular complexity index is 151. The topological polar surface area (TPSA) is 119 Å². The normalized spacial score (nSPS) is 13.8. The molecule has 0 bridgehead atoms. The molecule has 0 aliphatic carbocycles. The first kappa shape index (κ1) is 9.68. The SMILES string of the molecule is O=P([O-])([O-])OP([O-])([O-])=S. The molecule has 0 radical (unpaired) electrons. The molecule has 0 rings (SSSR count). The molecule has 0 aliphatic rings. The molecule has 0 N–H and O–H groups in total. The Morgan fingerprint density at radius 2 is 1.56 bits per heavy atom. The summed E-state index contributed by atoms with van der Waals surface area (Å²) in [5.41, 5.74) is 0. The average molecular weight is 190 g/mol. The first-order valence-corrected chi connectivity index (χ1v) is 5.48. The molecule has 0 fully saturated rings. The molecular weight excluding hydrogens is 190 g/mol. The minimum Gasteiger partial charge on any atom is -0.812 e. The van der Waals surface area contributed by atoms with Crippen molar-refractivity contribution in [2.24, 2.45) is 0 Å². The Labute approximate surface area is 55.6 Å². The lowest BCUT2D eigenvalue weighted by atomic mass is 15.7. The summed E-state index contributed by atoms with van der Waals surface area (Å²) in [6.07, 6.45) is 0. The van der Waals surface area contributed by atoms with Gasteiger partial charge in [-0.3, -0.25) is 0 Å². The van der Waals surface area contributed by atoms with E-state index >= 15 is 0 Å². The van der Waals surface area contributed by atoms with Crippen LogP contribution in [0.4, 0.5) is 0 Å². The van der Waals surface area contributed by atoms with Crippen LogP contribution in [0.25, 0.3) is 0 Å². The average Bonchev–Trinajstić information content (AvgIpc) is 1.14. The highest BCUT2D eigenvalue weighted by molar-refractivity contribution is 8.06. The molecule has 0 aromatic heterocycles. The highest BCUT2D eigenvalue weighted by Crippen LogP contribution is 2.42. The van der Waals surface area contributed by atoms with Crippen LogP contribution in [0.15, 0.2) is 0 Å². The molecule has 6 nitrogen and oxygen atoms in total. The first-order chi connectivity index (χ1) is 3.71.